The van der Waals surface area contributed by atoms with Crippen molar-refractivity contribution in [3.8, 4) is 6.07 Å². The van der Waals surface area contributed by atoms with Crippen molar-refractivity contribution in [1.82, 2.24) is 5.32 Å². The quantitative estimate of drug-likeness (QED) is 0.714. The van der Waals surface area contributed by atoms with E-state index in [1.54, 1.807) is 0 Å². The van der Waals surface area contributed by atoms with Crippen LogP contribution in [0.3, 0.4) is 0 Å². The van der Waals surface area contributed by atoms with Gasteiger partial charge in [0.25, 0.3) is 0 Å². The lowest BCUT2D eigenvalue weighted by Gasteiger charge is -2.17. The predicted molar refractivity (Wildman–Crippen MR) is 59.8 cm³/mol. The van der Waals surface area contributed by atoms with Crippen molar-refractivity contribution in [1.29, 1.82) is 5.26 Å². The van der Waals surface area contributed by atoms with Gasteiger partial charge in [-0.3, -0.25) is 0 Å². The van der Waals surface area contributed by atoms with Crippen LogP contribution in [0.2, 0.25) is 0 Å². The first-order valence-electron chi connectivity index (χ1n) is 4.86. The van der Waals surface area contributed by atoms with Crippen molar-refractivity contribution in [2.75, 3.05) is 12.3 Å². The van der Waals surface area contributed by atoms with Gasteiger partial charge in [0.15, 0.2) is 0 Å². The minimum absolute atomic E-state index is 0.0104. The molecule has 0 aliphatic carbocycles. The molecule has 0 aliphatic heterocycles. The first-order valence-corrected chi connectivity index (χ1v) is 5.91. The van der Waals surface area contributed by atoms with Crippen LogP contribution in [-0.4, -0.2) is 23.6 Å². The summed E-state index contributed by atoms with van der Waals surface area (Å²) < 4.78 is 0. The maximum Gasteiger partial charge on any atom is 0.104 e. The lowest BCUT2D eigenvalue weighted by Crippen LogP contribution is -2.30. The van der Waals surface area contributed by atoms with Gasteiger partial charge in [0.05, 0.1) is 6.07 Å². The molecule has 13 heavy (non-hydrogen) atoms. The molecule has 0 bridgehead atoms. The molecule has 0 aliphatic rings. The minimum atomic E-state index is 0.0104. The minimum Gasteiger partial charge on any atom is -0.302 e. The smallest absolute Gasteiger partial charge is 0.104 e. The predicted octanol–water partition coefficient (Wildman–Crippen LogP) is 2.27. The molecule has 0 fully saturated rings. The Morgan fingerprint density at radius 3 is 2.38 bits per heavy atom. The van der Waals surface area contributed by atoms with Gasteiger partial charge in [0, 0.05) is 11.0 Å². The Labute approximate surface area is 86.1 Å². The molecule has 0 saturated carbocycles. The molecule has 3 heteroatoms. The Morgan fingerprint density at radius 1 is 1.38 bits per heavy atom. The summed E-state index contributed by atoms with van der Waals surface area (Å²) in [6, 6.07) is 2.28. The Morgan fingerprint density at radius 2 is 2.00 bits per heavy atom. The van der Waals surface area contributed by atoms with Gasteiger partial charge < -0.3 is 5.32 Å². The molecular weight excluding hydrogens is 180 g/mol. The van der Waals surface area contributed by atoms with Crippen LogP contribution in [0.4, 0.5) is 0 Å². The molecule has 0 amide bonds. The first-order chi connectivity index (χ1) is 6.11. The van der Waals surface area contributed by atoms with Gasteiger partial charge in [-0.05, 0) is 12.5 Å². The normalized spacial score (nSPS) is 15.4. The highest BCUT2D eigenvalue weighted by molar-refractivity contribution is 7.99. The lowest BCUT2D eigenvalue weighted by molar-refractivity contribution is 0.635. The zero-order valence-electron chi connectivity index (χ0n) is 9.00. The second-order valence-corrected chi connectivity index (χ2v) is 4.93. The van der Waals surface area contributed by atoms with E-state index in [-0.39, 0.29) is 6.04 Å². The molecule has 0 radical (unpaired) electrons. The Bertz CT molecular complexity index is 163. The summed E-state index contributed by atoms with van der Waals surface area (Å²) in [5.74, 6) is 1.58. The van der Waals surface area contributed by atoms with Gasteiger partial charge in [0.2, 0.25) is 0 Å². The van der Waals surface area contributed by atoms with E-state index in [4.69, 9.17) is 5.26 Å². The summed E-state index contributed by atoms with van der Waals surface area (Å²) in [6.45, 7) is 9.55. The van der Waals surface area contributed by atoms with E-state index < -0.39 is 0 Å². The number of rotatable bonds is 6. The van der Waals surface area contributed by atoms with E-state index in [1.165, 1.54) is 0 Å². The molecule has 76 valence electrons. The van der Waals surface area contributed by atoms with Crippen molar-refractivity contribution in [3.63, 3.8) is 0 Å². The maximum absolute atomic E-state index is 8.78. The molecule has 1 N–H and O–H groups in total. The van der Waals surface area contributed by atoms with Crippen LogP contribution in [-0.2, 0) is 0 Å². The number of hydrogen-bond acceptors (Lipinski definition) is 3. The van der Waals surface area contributed by atoms with Gasteiger partial charge in [-0.2, -0.15) is 17.0 Å². The fourth-order valence-corrected chi connectivity index (χ4v) is 1.90. The second-order valence-electron chi connectivity index (χ2n) is 3.52. The third kappa shape index (κ3) is 5.95. The summed E-state index contributed by atoms with van der Waals surface area (Å²) in [5.41, 5.74) is 0. The zero-order valence-corrected chi connectivity index (χ0v) is 9.82. The van der Waals surface area contributed by atoms with Crippen LogP contribution in [0.1, 0.15) is 27.7 Å². The second kappa shape index (κ2) is 7.23. The van der Waals surface area contributed by atoms with E-state index in [2.05, 4.69) is 32.2 Å². The Kier molecular flexibility index (Phi) is 7.12. The van der Waals surface area contributed by atoms with Crippen LogP contribution in [0.25, 0.3) is 0 Å². The van der Waals surface area contributed by atoms with Crippen LogP contribution in [0.5, 0.6) is 0 Å². The molecule has 0 saturated heterocycles. The summed E-state index contributed by atoms with van der Waals surface area (Å²) in [6.07, 6.45) is 0. The fourth-order valence-electron chi connectivity index (χ4n) is 0.829. The summed E-state index contributed by atoms with van der Waals surface area (Å²) in [5, 5.41) is 12.6. The highest BCUT2D eigenvalue weighted by Gasteiger charge is 2.11. The van der Waals surface area contributed by atoms with Crippen LogP contribution < -0.4 is 5.32 Å². The van der Waals surface area contributed by atoms with E-state index in [0.29, 0.717) is 11.2 Å². The molecule has 0 aromatic rings. The van der Waals surface area contributed by atoms with Gasteiger partial charge >= 0.3 is 0 Å². The average molecular weight is 200 g/mol. The zero-order chi connectivity index (χ0) is 10.3. The van der Waals surface area contributed by atoms with E-state index >= 15 is 0 Å². The van der Waals surface area contributed by atoms with Crippen LogP contribution in [0, 0.1) is 17.2 Å². The number of nitrogens with zero attached hydrogens (tertiary/aromatic N) is 1. The topological polar surface area (TPSA) is 35.8 Å². The molecule has 0 spiro atoms. The van der Waals surface area contributed by atoms with E-state index in [1.807, 2.05) is 18.7 Å². The summed E-state index contributed by atoms with van der Waals surface area (Å²) in [7, 11) is 0. The van der Waals surface area contributed by atoms with Crippen molar-refractivity contribution < 1.29 is 0 Å². The van der Waals surface area contributed by atoms with Crippen LogP contribution in [0.15, 0.2) is 0 Å². The summed E-state index contributed by atoms with van der Waals surface area (Å²) in [4.78, 5) is 0. The number of nitriles is 1. The van der Waals surface area contributed by atoms with E-state index in [0.717, 1.165) is 12.3 Å². The Balaban J connectivity index is 3.66. The molecule has 0 heterocycles. The molecule has 0 aromatic heterocycles. The monoisotopic (exact) mass is 200 g/mol. The van der Waals surface area contributed by atoms with Gasteiger partial charge in [0.1, 0.15) is 6.04 Å². The SMILES string of the molecule is CCNC(C#N)CSC(C)C(C)C. The molecule has 0 aromatic carbocycles. The van der Waals surface area contributed by atoms with Gasteiger partial charge in [-0.25, -0.2) is 0 Å². The van der Waals surface area contributed by atoms with Crippen molar-refractivity contribution in [3.05, 3.63) is 0 Å². The third-order valence-corrected chi connectivity index (χ3v) is 3.67. The standard InChI is InChI=1S/C10H20N2S/c1-5-12-10(6-11)7-13-9(4)8(2)3/h8-10,12H,5,7H2,1-4H3. The molecular formula is C10H20N2S. The van der Waals surface area contributed by atoms with E-state index in [9.17, 15) is 0 Å². The molecule has 2 unspecified atom stereocenters. The summed E-state index contributed by atoms with van der Waals surface area (Å²) >= 11 is 1.87. The average Bonchev–Trinajstić information content (AvgIpc) is 2.11. The highest BCUT2D eigenvalue weighted by Crippen LogP contribution is 2.19. The van der Waals surface area contributed by atoms with Gasteiger partial charge in [-0.1, -0.05) is 27.7 Å². The Hall–Kier alpha value is -0.200. The third-order valence-electron chi connectivity index (χ3n) is 2.07. The number of nitrogens with one attached hydrogen (secondary N) is 1. The molecule has 0 rings (SSSR count). The number of thioether (sulfide) groups is 1. The fraction of sp³-hybridized carbons (Fsp3) is 0.900. The molecule has 2 nitrogen and oxygen atoms in total. The van der Waals surface area contributed by atoms with Crippen LogP contribution >= 0.6 is 11.8 Å². The lowest BCUT2D eigenvalue weighted by atomic mass is 10.2. The highest BCUT2D eigenvalue weighted by atomic mass is 32.2. The van der Waals surface area contributed by atoms with Crippen molar-refractivity contribution in [2.24, 2.45) is 5.92 Å². The van der Waals surface area contributed by atoms with Crippen molar-refractivity contribution >= 4 is 11.8 Å². The van der Waals surface area contributed by atoms with Gasteiger partial charge in [-0.15, -0.1) is 0 Å². The maximum atomic E-state index is 8.78. The first kappa shape index (κ1) is 12.8. The largest absolute Gasteiger partial charge is 0.302 e. The van der Waals surface area contributed by atoms with Crippen molar-refractivity contribution in [2.45, 2.75) is 39.0 Å². The number of hydrogen-bond donors (Lipinski definition) is 1. The molecule has 2 atom stereocenters.